The SMILES string of the molecule is CN(C)C1CCN(c2ccc(NC(=O)c3ccc(-n4ccnc4)cn3)cc2)CC1. The summed E-state index contributed by atoms with van der Waals surface area (Å²) in [5.74, 6) is -0.221. The van der Waals surface area contributed by atoms with Crippen molar-refractivity contribution in [3.05, 3.63) is 67.0 Å². The smallest absolute Gasteiger partial charge is 0.274 e. The number of pyridine rings is 1. The quantitative estimate of drug-likeness (QED) is 0.725. The molecule has 0 atom stereocenters. The number of imidazole rings is 1. The van der Waals surface area contributed by atoms with Gasteiger partial charge in [-0.05, 0) is 63.3 Å². The van der Waals surface area contributed by atoms with Crippen molar-refractivity contribution in [2.75, 3.05) is 37.4 Å². The zero-order valence-corrected chi connectivity index (χ0v) is 16.8. The van der Waals surface area contributed by atoms with Crippen molar-refractivity contribution >= 4 is 17.3 Å². The van der Waals surface area contributed by atoms with E-state index in [0.717, 1.165) is 24.5 Å². The van der Waals surface area contributed by atoms with Crippen molar-refractivity contribution in [1.29, 1.82) is 0 Å². The first-order valence-electron chi connectivity index (χ1n) is 9.87. The molecule has 150 valence electrons. The van der Waals surface area contributed by atoms with Crippen LogP contribution in [0, 0.1) is 0 Å². The highest BCUT2D eigenvalue weighted by Crippen LogP contribution is 2.23. The molecule has 1 saturated heterocycles. The average Bonchev–Trinajstić information content (AvgIpc) is 3.29. The van der Waals surface area contributed by atoms with E-state index in [9.17, 15) is 4.79 Å². The number of hydrogen-bond donors (Lipinski definition) is 1. The second-order valence-corrected chi connectivity index (χ2v) is 7.55. The molecule has 0 radical (unpaired) electrons. The highest BCUT2D eigenvalue weighted by molar-refractivity contribution is 6.02. The van der Waals surface area contributed by atoms with Gasteiger partial charge < -0.3 is 19.7 Å². The lowest BCUT2D eigenvalue weighted by Gasteiger charge is -2.36. The van der Waals surface area contributed by atoms with Gasteiger partial charge in [-0.25, -0.2) is 9.97 Å². The largest absolute Gasteiger partial charge is 0.371 e. The molecule has 1 aliphatic rings. The van der Waals surface area contributed by atoms with Gasteiger partial charge in [0.25, 0.3) is 5.91 Å². The third-order valence-electron chi connectivity index (χ3n) is 5.47. The summed E-state index contributed by atoms with van der Waals surface area (Å²) in [4.78, 5) is 25.5. The Morgan fingerprint density at radius 2 is 1.79 bits per heavy atom. The molecule has 0 saturated carbocycles. The lowest BCUT2D eigenvalue weighted by atomic mass is 10.0. The van der Waals surface area contributed by atoms with Gasteiger partial charge >= 0.3 is 0 Å². The van der Waals surface area contributed by atoms with E-state index >= 15 is 0 Å². The van der Waals surface area contributed by atoms with Crippen LogP contribution in [0.1, 0.15) is 23.3 Å². The van der Waals surface area contributed by atoms with E-state index in [-0.39, 0.29) is 5.91 Å². The summed E-state index contributed by atoms with van der Waals surface area (Å²) in [5, 5.41) is 2.92. The summed E-state index contributed by atoms with van der Waals surface area (Å²) in [6, 6.07) is 12.3. The first-order valence-corrected chi connectivity index (χ1v) is 9.87. The molecule has 0 bridgehead atoms. The molecule has 1 aliphatic heterocycles. The zero-order chi connectivity index (χ0) is 20.2. The fourth-order valence-corrected chi connectivity index (χ4v) is 3.68. The van der Waals surface area contributed by atoms with Crippen LogP contribution >= 0.6 is 0 Å². The van der Waals surface area contributed by atoms with E-state index in [4.69, 9.17) is 0 Å². The second-order valence-electron chi connectivity index (χ2n) is 7.55. The van der Waals surface area contributed by atoms with Gasteiger partial charge in [-0.1, -0.05) is 0 Å². The molecular weight excluding hydrogens is 364 g/mol. The summed E-state index contributed by atoms with van der Waals surface area (Å²) in [5.41, 5.74) is 3.20. The normalized spacial score (nSPS) is 14.9. The number of carbonyl (C=O) groups is 1. The molecule has 3 aromatic rings. The highest BCUT2D eigenvalue weighted by atomic mass is 16.1. The maximum absolute atomic E-state index is 12.5. The number of carbonyl (C=O) groups excluding carboxylic acids is 1. The van der Waals surface area contributed by atoms with Crippen LogP contribution in [-0.2, 0) is 0 Å². The first-order chi connectivity index (χ1) is 14.1. The molecule has 2 aromatic heterocycles. The molecule has 1 amide bonds. The number of rotatable bonds is 5. The molecule has 7 heteroatoms. The van der Waals surface area contributed by atoms with Crippen molar-refractivity contribution in [3.8, 4) is 5.69 Å². The molecule has 0 unspecified atom stereocenters. The molecular formula is C22H26N6O. The second kappa shape index (κ2) is 8.45. The summed E-state index contributed by atoms with van der Waals surface area (Å²) in [7, 11) is 4.30. The molecule has 7 nitrogen and oxygen atoms in total. The Balaban J connectivity index is 1.35. The Bertz CT molecular complexity index is 926. The van der Waals surface area contributed by atoms with Crippen molar-refractivity contribution in [3.63, 3.8) is 0 Å². The molecule has 1 N–H and O–H groups in total. The van der Waals surface area contributed by atoms with Gasteiger partial charge in [-0.15, -0.1) is 0 Å². The van der Waals surface area contributed by atoms with Crippen molar-refractivity contribution < 1.29 is 4.79 Å². The number of benzene rings is 1. The number of nitrogens with one attached hydrogen (secondary N) is 1. The van der Waals surface area contributed by atoms with Crippen LogP contribution in [0.5, 0.6) is 0 Å². The molecule has 4 rings (SSSR count). The summed E-state index contributed by atoms with van der Waals surface area (Å²) in [6.07, 6.45) is 9.24. The molecule has 0 spiro atoms. The Morgan fingerprint density at radius 3 is 2.38 bits per heavy atom. The first kappa shape index (κ1) is 19.1. The highest BCUT2D eigenvalue weighted by Gasteiger charge is 2.20. The van der Waals surface area contributed by atoms with Crippen LogP contribution in [0.25, 0.3) is 5.69 Å². The van der Waals surface area contributed by atoms with E-state index < -0.39 is 0 Å². The van der Waals surface area contributed by atoms with Gasteiger partial charge in [0.1, 0.15) is 5.69 Å². The van der Waals surface area contributed by atoms with Crippen LogP contribution in [0.15, 0.2) is 61.3 Å². The predicted molar refractivity (Wildman–Crippen MR) is 115 cm³/mol. The maximum Gasteiger partial charge on any atom is 0.274 e. The van der Waals surface area contributed by atoms with Gasteiger partial charge in [-0.2, -0.15) is 0 Å². The van der Waals surface area contributed by atoms with Gasteiger partial charge in [0.15, 0.2) is 0 Å². The average molecular weight is 390 g/mol. The van der Waals surface area contributed by atoms with E-state index in [1.807, 2.05) is 29.0 Å². The Hall–Kier alpha value is -3.19. The van der Waals surface area contributed by atoms with Gasteiger partial charge in [0, 0.05) is 42.9 Å². The molecule has 3 heterocycles. The fraction of sp³-hybridized carbons (Fsp3) is 0.318. The number of anilines is 2. The Kier molecular flexibility index (Phi) is 5.57. The number of hydrogen-bond acceptors (Lipinski definition) is 5. The number of nitrogens with zero attached hydrogens (tertiary/aromatic N) is 5. The van der Waals surface area contributed by atoms with E-state index in [1.165, 1.54) is 18.5 Å². The van der Waals surface area contributed by atoms with Crippen molar-refractivity contribution in [2.24, 2.45) is 0 Å². The number of amides is 1. The van der Waals surface area contributed by atoms with Crippen LogP contribution in [0.4, 0.5) is 11.4 Å². The van der Waals surface area contributed by atoms with Crippen LogP contribution in [-0.4, -0.2) is 58.6 Å². The maximum atomic E-state index is 12.5. The van der Waals surface area contributed by atoms with E-state index in [2.05, 4.69) is 51.3 Å². The Labute approximate surface area is 171 Å². The summed E-state index contributed by atoms with van der Waals surface area (Å²) < 4.78 is 1.84. The topological polar surface area (TPSA) is 66.3 Å². The monoisotopic (exact) mass is 390 g/mol. The molecule has 0 aliphatic carbocycles. The predicted octanol–water partition coefficient (Wildman–Crippen LogP) is 3.05. The van der Waals surface area contributed by atoms with Crippen molar-refractivity contribution in [1.82, 2.24) is 19.4 Å². The van der Waals surface area contributed by atoms with Crippen LogP contribution < -0.4 is 10.2 Å². The minimum atomic E-state index is -0.221. The van der Waals surface area contributed by atoms with Gasteiger partial charge in [0.2, 0.25) is 0 Å². The van der Waals surface area contributed by atoms with Gasteiger partial charge in [0.05, 0.1) is 18.2 Å². The molecule has 29 heavy (non-hydrogen) atoms. The molecule has 1 fully saturated rings. The van der Waals surface area contributed by atoms with E-state index in [0.29, 0.717) is 11.7 Å². The van der Waals surface area contributed by atoms with Crippen LogP contribution in [0.2, 0.25) is 0 Å². The molecule has 1 aromatic carbocycles. The fourth-order valence-electron chi connectivity index (χ4n) is 3.68. The number of aromatic nitrogens is 3. The Morgan fingerprint density at radius 1 is 1.07 bits per heavy atom. The zero-order valence-electron chi connectivity index (χ0n) is 16.8. The lowest BCUT2D eigenvalue weighted by Crippen LogP contribution is -2.41. The lowest BCUT2D eigenvalue weighted by molar-refractivity contribution is 0.102. The third-order valence-corrected chi connectivity index (χ3v) is 5.47. The summed E-state index contributed by atoms with van der Waals surface area (Å²) in [6.45, 7) is 2.11. The minimum absolute atomic E-state index is 0.221. The number of piperidine rings is 1. The van der Waals surface area contributed by atoms with Gasteiger partial charge in [-0.3, -0.25) is 4.79 Å². The third kappa shape index (κ3) is 4.46. The van der Waals surface area contributed by atoms with Crippen molar-refractivity contribution in [2.45, 2.75) is 18.9 Å². The minimum Gasteiger partial charge on any atom is -0.371 e. The van der Waals surface area contributed by atoms with Crippen LogP contribution in [0.3, 0.4) is 0 Å². The standard InChI is InChI=1S/C22H26N6O/c1-26(2)18-9-12-27(13-10-18)19-5-3-17(4-6-19)25-22(29)21-8-7-20(15-24-21)28-14-11-23-16-28/h3-8,11,14-16,18H,9-10,12-13H2,1-2H3,(H,25,29). The van der Waals surface area contributed by atoms with E-state index in [1.54, 1.807) is 24.8 Å². The summed E-state index contributed by atoms with van der Waals surface area (Å²) >= 11 is 0.